The minimum atomic E-state index is -0.408. The molecule has 0 aliphatic carbocycles. The molecule has 2 heterocycles. The van der Waals surface area contributed by atoms with Gasteiger partial charge in [-0.1, -0.05) is 30.3 Å². The Balaban J connectivity index is 1.95. The van der Waals surface area contributed by atoms with Crippen LogP contribution in [0.2, 0.25) is 0 Å². The van der Waals surface area contributed by atoms with Gasteiger partial charge in [-0.05, 0) is 45.7 Å². The van der Waals surface area contributed by atoms with Gasteiger partial charge in [0.2, 0.25) is 0 Å². The van der Waals surface area contributed by atoms with Gasteiger partial charge in [0.1, 0.15) is 0 Å². The van der Waals surface area contributed by atoms with Gasteiger partial charge in [-0.15, -0.1) is 0 Å². The van der Waals surface area contributed by atoms with E-state index in [1.165, 1.54) is 5.56 Å². The summed E-state index contributed by atoms with van der Waals surface area (Å²) in [4.78, 5) is 2.37. The number of likely N-dealkylation sites (tertiary alicyclic amines) is 1. The number of rotatable bonds is 2. The summed E-state index contributed by atoms with van der Waals surface area (Å²) >= 11 is 0. The standard InChI is InChI=1S/C18H27NO2/c1-14(20)18(16-7-5-4-6-8-16)13-17(21-15(18)2)9-11-19(3)12-10-17/h4-8,14-15,20H,9-13H2,1-3H3. The minimum Gasteiger partial charge on any atom is -0.392 e. The van der Waals surface area contributed by atoms with E-state index in [2.05, 4.69) is 43.1 Å². The van der Waals surface area contributed by atoms with E-state index in [1.54, 1.807) is 0 Å². The van der Waals surface area contributed by atoms with Crippen molar-refractivity contribution in [2.75, 3.05) is 20.1 Å². The highest BCUT2D eigenvalue weighted by Gasteiger charge is 2.57. The molecule has 1 spiro atoms. The van der Waals surface area contributed by atoms with Crippen molar-refractivity contribution in [3.8, 4) is 0 Å². The van der Waals surface area contributed by atoms with E-state index in [-0.39, 0.29) is 17.1 Å². The molecule has 2 aliphatic heterocycles. The average Bonchev–Trinajstić information content (AvgIpc) is 2.77. The van der Waals surface area contributed by atoms with Crippen LogP contribution in [0.4, 0.5) is 0 Å². The summed E-state index contributed by atoms with van der Waals surface area (Å²) in [7, 11) is 2.17. The number of nitrogens with zero attached hydrogens (tertiary/aromatic N) is 1. The zero-order valence-corrected chi connectivity index (χ0v) is 13.4. The van der Waals surface area contributed by atoms with Crippen molar-refractivity contribution < 1.29 is 9.84 Å². The summed E-state index contributed by atoms with van der Waals surface area (Å²) in [6, 6.07) is 10.4. The van der Waals surface area contributed by atoms with Crippen LogP contribution < -0.4 is 0 Å². The molecule has 2 aliphatic rings. The van der Waals surface area contributed by atoms with Crippen LogP contribution in [-0.2, 0) is 10.2 Å². The molecule has 2 fully saturated rings. The summed E-state index contributed by atoms with van der Waals surface area (Å²) in [5.74, 6) is 0. The highest BCUT2D eigenvalue weighted by Crippen LogP contribution is 2.52. The highest BCUT2D eigenvalue weighted by molar-refractivity contribution is 5.32. The Kier molecular flexibility index (Phi) is 3.85. The lowest BCUT2D eigenvalue weighted by atomic mass is 9.67. The first-order valence-corrected chi connectivity index (χ1v) is 8.08. The second-order valence-corrected chi connectivity index (χ2v) is 7.01. The molecule has 21 heavy (non-hydrogen) atoms. The molecule has 116 valence electrons. The Hall–Kier alpha value is -0.900. The van der Waals surface area contributed by atoms with Crippen LogP contribution in [0, 0.1) is 0 Å². The quantitative estimate of drug-likeness (QED) is 0.908. The molecule has 0 saturated carbocycles. The molecule has 0 radical (unpaired) electrons. The Morgan fingerprint density at radius 3 is 2.43 bits per heavy atom. The van der Waals surface area contributed by atoms with Crippen LogP contribution >= 0.6 is 0 Å². The van der Waals surface area contributed by atoms with Crippen molar-refractivity contribution in [3.05, 3.63) is 35.9 Å². The fourth-order valence-electron chi connectivity index (χ4n) is 4.33. The van der Waals surface area contributed by atoms with E-state index in [1.807, 2.05) is 13.0 Å². The number of benzene rings is 1. The third-order valence-electron chi connectivity index (χ3n) is 5.72. The van der Waals surface area contributed by atoms with Gasteiger partial charge in [0.15, 0.2) is 0 Å². The molecule has 3 atom stereocenters. The summed E-state index contributed by atoms with van der Waals surface area (Å²) in [6.07, 6.45) is 2.69. The zero-order valence-electron chi connectivity index (χ0n) is 13.4. The number of aliphatic hydroxyl groups excluding tert-OH is 1. The number of piperidine rings is 1. The van der Waals surface area contributed by atoms with E-state index < -0.39 is 6.10 Å². The average molecular weight is 289 g/mol. The lowest BCUT2D eigenvalue weighted by Gasteiger charge is -2.39. The van der Waals surface area contributed by atoms with E-state index >= 15 is 0 Å². The molecular formula is C18H27NO2. The van der Waals surface area contributed by atoms with Crippen LogP contribution in [0.15, 0.2) is 30.3 Å². The van der Waals surface area contributed by atoms with Crippen molar-refractivity contribution >= 4 is 0 Å². The maximum Gasteiger partial charge on any atom is 0.0721 e. The second-order valence-electron chi connectivity index (χ2n) is 7.01. The van der Waals surface area contributed by atoms with Crippen LogP contribution in [0.3, 0.4) is 0 Å². The van der Waals surface area contributed by atoms with Gasteiger partial charge in [-0.3, -0.25) is 0 Å². The minimum absolute atomic E-state index is 0.0447. The third-order valence-corrected chi connectivity index (χ3v) is 5.72. The Labute approximate surface area is 127 Å². The van der Waals surface area contributed by atoms with Gasteiger partial charge in [0.25, 0.3) is 0 Å². The summed E-state index contributed by atoms with van der Waals surface area (Å²) in [5, 5.41) is 10.6. The van der Waals surface area contributed by atoms with Gasteiger partial charge in [0.05, 0.1) is 17.8 Å². The second kappa shape index (κ2) is 5.38. The number of aliphatic hydroxyl groups is 1. The van der Waals surface area contributed by atoms with Gasteiger partial charge < -0.3 is 14.7 Å². The smallest absolute Gasteiger partial charge is 0.0721 e. The van der Waals surface area contributed by atoms with Crippen molar-refractivity contribution in [2.45, 2.75) is 56.3 Å². The summed E-state index contributed by atoms with van der Waals surface area (Å²) in [5.41, 5.74) is 0.874. The largest absolute Gasteiger partial charge is 0.392 e. The molecule has 0 bridgehead atoms. The molecule has 3 unspecified atom stereocenters. The fourth-order valence-corrected chi connectivity index (χ4v) is 4.33. The predicted molar refractivity (Wildman–Crippen MR) is 84.4 cm³/mol. The Morgan fingerprint density at radius 1 is 1.24 bits per heavy atom. The van der Waals surface area contributed by atoms with Gasteiger partial charge >= 0.3 is 0 Å². The first-order valence-electron chi connectivity index (χ1n) is 8.08. The molecule has 2 saturated heterocycles. The first-order chi connectivity index (χ1) is 9.98. The van der Waals surface area contributed by atoms with Crippen LogP contribution in [-0.4, -0.2) is 48.0 Å². The van der Waals surface area contributed by atoms with E-state index in [0.717, 1.165) is 32.4 Å². The fraction of sp³-hybridized carbons (Fsp3) is 0.667. The lowest BCUT2D eigenvalue weighted by Crippen LogP contribution is -2.45. The molecule has 3 nitrogen and oxygen atoms in total. The lowest BCUT2D eigenvalue weighted by molar-refractivity contribution is -0.0753. The summed E-state index contributed by atoms with van der Waals surface area (Å²) in [6.45, 7) is 6.21. The summed E-state index contributed by atoms with van der Waals surface area (Å²) < 4.78 is 6.48. The normalized spacial score (nSPS) is 34.2. The predicted octanol–water partition coefficient (Wildman–Crippen LogP) is 2.58. The van der Waals surface area contributed by atoms with Crippen molar-refractivity contribution in [1.82, 2.24) is 4.90 Å². The molecule has 3 heteroatoms. The molecule has 0 amide bonds. The first kappa shape index (κ1) is 15.0. The number of hydrogen-bond acceptors (Lipinski definition) is 3. The van der Waals surface area contributed by atoms with E-state index in [0.29, 0.717) is 0 Å². The van der Waals surface area contributed by atoms with Gasteiger partial charge in [-0.2, -0.15) is 0 Å². The molecule has 1 aromatic rings. The topological polar surface area (TPSA) is 32.7 Å². The van der Waals surface area contributed by atoms with Crippen molar-refractivity contribution in [3.63, 3.8) is 0 Å². The van der Waals surface area contributed by atoms with E-state index in [4.69, 9.17) is 4.74 Å². The Bertz CT molecular complexity index is 479. The van der Waals surface area contributed by atoms with Crippen molar-refractivity contribution in [1.29, 1.82) is 0 Å². The highest BCUT2D eigenvalue weighted by atomic mass is 16.5. The SMILES string of the molecule is CC(O)C1(c2ccccc2)CC2(CCN(C)CC2)OC1C. The van der Waals surface area contributed by atoms with Gasteiger partial charge in [-0.25, -0.2) is 0 Å². The molecule has 0 aromatic heterocycles. The van der Waals surface area contributed by atoms with Gasteiger partial charge in [0, 0.05) is 18.5 Å². The van der Waals surface area contributed by atoms with Crippen molar-refractivity contribution in [2.24, 2.45) is 0 Å². The zero-order chi connectivity index (χ0) is 15.1. The van der Waals surface area contributed by atoms with Crippen LogP contribution in [0.1, 0.15) is 38.7 Å². The maximum atomic E-state index is 10.6. The number of hydrogen-bond donors (Lipinski definition) is 1. The molecule has 3 rings (SSSR count). The van der Waals surface area contributed by atoms with E-state index in [9.17, 15) is 5.11 Å². The molecule has 1 aromatic carbocycles. The van der Waals surface area contributed by atoms with Crippen LogP contribution in [0.5, 0.6) is 0 Å². The maximum absolute atomic E-state index is 10.6. The molecule has 1 N–H and O–H groups in total. The molecular weight excluding hydrogens is 262 g/mol. The van der Waals surface area contributed by atoms with Crippen LogP contribution in [0.25, 0.3) is 0 Å². The number of ether oxygens (including phenoxy) is 1. The Morgan fingerprint density at radius 2 is 1.86 bits per heavy atom. The monoisotopic (exact) mass is 289 g/mol. The third kappa shape index (κ3) is 2.41.